The number of alkyl carbamates (subject to hydrolysis) is 1. The van der Waals surface area contributed by atoms with Gasteiger partial charge in [-0.15, -0.1) is 13.2 Å². The molecule has 4 atom stereocenters. The highest BCUT2D eigenvalue weighted by Crippen LogP contribution is 2.19. The van der Waals surface area contributed by atoms with Gasteiger partial charge in [0.1, 0.15) is 25.3 Å². The second-order valence-electron chi connectivity index (χ2n) is 12.6. The number of anilines is 1. The predicted octanol–water partition coefficient (Wildman–Crippen LogP) is 4.98. The number of hydrogen-bond donors (Lipinski definition) is 5. The van der Waals surface area contributed by atoms with E-state index in [-0.39, 0.29) is 32.5 Å². The first-order valence-corrected chi connectivity index (χ1v) is 17.6. The maximum Gasteiger partial charge on any atom is 0.408 e. The molecule has 5 N–H and O–H groups in total. The van der Waals surface area contributed by atoms with Gasteiger partial charge in [-0.1, -0.05) is 103 Å². The molecule has 4 rings (SSSR count). The Bertz CT molecular complexity index is 1890. The van der Waals surface area contributed by atoms with Crippen LogP contribution in [0.3, 0.4) is 0 Å². The lowest BCUT2D eigenvalue weighted by molar-refractivity contribution is -0.148. The van der Waals surface area contributed by atoms with E-state index in [9.17, 15) is 29.1 Å². The number of hydrogen-bond acceptors (Lipinski definition) is 8. The number of rotatable bonds is 20. The van der Waals surface area contributed by atoms with Crippen LogP contribution in [-0.4, -0.2) is 66.2 Å². The summed E-state index contributed by atoms with van der Waals surface area (Å²) in [6, 6.07) is 28.0. The van der Waals surface area contributed by atoms with Crippen molar-refractivity contribution >= 4 is 46.2 Å². The summed E-state index contributed by atoms with van der Waals surface area (Å²) in [7, 11) is 0. The molecule has 0 aliphatic rings. The standard InChI is InChI=1S/C42H46N4O8/c1-3-13-33(25-38(48)43-35(26-47)23-29-15-7-5-8-16-29)39(49)45-37(40(50)44-34-22-21-31-19-11-12-20-32(31)24-34)28-53-41(51)36(14-4-2)46-42(52)54-27-30-17-9-6-10-18-30/h3-12,15-22,24,33,35-37,47H,1-2,13-14,23,25-28H2,(H,43,48)(H,44,50)(H,45,49)(H,46,52)/t33-,35+,36-,37+/m1/s1. The average molecular weight is 735 g/mol. The fourth-order valence-corrected chi connectivity index (χ4v) is 5.58. The third-order valence-electron chi connectivity index (χ3n) is 8.40. The quantitative estimate of drug-likeness (QED) is 0.0625. The van der Waals surface area contributed by atoms with Gasteiger partial charge < -0.3 is 35.8 Å². The van der Waals surface area contributed by atoms with Crippen LogP contribution in [0.4, 0.5) is 10.5 Å². The van der Waals surface area contributed by atoms with Crippen molar-refractivity contribution in [2.24, 2.45) is 5.92 Å². The number of allylic oxidation sites excluding steroid dienone is 1. The van der Waals surface area contributed by atoms with Gasteiger partial charge in [0.15, 0.2) is 0 Å². The molecule has 54 heavy (non-hydrogen) atoms. The van der Waals surface area contributed by atoms with Crippen LogP contribution in [0.5, 0.6) is 0 Å². The highest BCUT2D eigenvalue weighted by Gasteiger charge is 2.30. The van der Waals surface area contributed by atoms with Crippen molar-refractivity contribution in [3.8, 4) is 0 Å². The second-order valence-corrected chi connectivity index (χ2v) is 12.6. The molecule has 4 aromatic rings. The molecule has 282 valence electrons. The van der Waals surface area contributed by atoms with Crippen molar-refractivity contribution in [1.29, 1.82) is 0 Å². The van der Waals surface area contributed by atoms with E-state index in [1.807, 2.05) is 66.7 Å². The molecule has 0 aromatic heterocycles. The minimum absolute atomic E-state index is 0.00475. The highest BCUT2D eigenvalue weighted by molar-refractivity contribution is 6.00. The maximum absolute atomic E-state index is 13.7. The van der Waals surface area contributed by atoms with Crippen molar-refractivity contribution in [3.05, 3.63) is 140 Å². The number of ether oxygens (including phenoxy) is 2. The van der Waals surface area contributed by atoms with Crippen molar-refractivity contribution in [2.45, 2.75) is 50.4 Å². The molecule has 4 amide bonds. The van der Waals surface area contributed by atoms with Crippen LogP contribution in [0.25, 0.3) is 10.8 Å². The average Bonchev–Trinajstić information content (AvgIpc) is 3.18. The Kier molecular flexibility index (Phi) is 16.0. The van der Waals surface area contributed by atoms with Gasteiger partial charge in [0.25, 0.3) is 5.91 Å². The Balaban J connectivity index is 1.45. The minimum atomic E-state index is -1.40. The zero-order valence-corrected chi connectivity index (χ0v) is 29.9. The molecule has 12 heteroatoms. The van der Waals surface area contributed by atoms with Crippen LogP contribution in [-0.2, 0) is 41.7 Å². The SMILES string of the molecule is C=CC[C@H](CC(=O)N[C@H](CO)Cc1ccccc1)C(=O)N[C@@H](COC(=O)[C@@H](CC=C)NC(=O)OCc1ccccc1)C(=O)Nc1ccc2ccccc2c1. The Hall–Kier alpha value is -6.27. The van der Waals surface area contributed by atoms with Crippen LogP contribution < -0.4 is 21.3 Å². The summed E-state index contributed by atoms with van der Waals surface area (Å²) in [6.45, 7) is 6.42. The van der Waals surface area contributed by atoms with Crippen LogP contribution in [0.2, 0.25) is 0 Å². The number of esters is 1. The number of amides is 4. The molecule has 0 radical (unpaired) electrons. The molecule has 0 aliphatic heterocycles. The van der Waals surface area contributed by atoms with Gasteiger partial charge in [0.05, 0.1) is 18.6 Å². The van der Waals surface area contributed by atoms with E-state index in [0.717, 1.165) is 21.9 Å². The van der Waals surface area contributed by atoms with Crippen molar-refractivity contribution in [2.75, 3.05) is 18.5 Å². The predicted molar refractivity (Wildman–Crippen MR) is 206 cm³/mol. The molecule has 0 heterocycles. The minimum Gasteiger partial charge on any atom is -0.461 e. The number of carbonyl (C=O) groups is 5. The fraction of sp³-hybridized carbons (Fsp3) is 0.262. The van der Waals surface area contributed by atoms with E-state index in [0.29, 0.717) is 12.1 Å². The van der Waals surface area contributed by atoms with Crippen molar-refractivity contribution < 1.29 is 38.6 Å². The third-order valence-corrected chi connectivity index (χ3v) is 8.40. The lowest BCUT2D eigenvalue weighted by Crippen LogP contribution is -2.51. The number of carbonyl (C=O) groups excluding carboxylic acids is 5. The van der Waals surface area contributed by atoms with Gasteiger partial charge >= 0.3 is 12.1 Å². The van der Waals surface area contributed by atoms with Crippen LogP contribution in [0.15, 0.2) is 128 Å². The number of nitrogens with one attached hydrogen (secondary N) is 4. The first-order chi connectivity index (χ1) is 26.2. The summed E-state index contributed by atoms with van der Waals surface area (Å²) >= 11 is 0. The number of aliphatic hydroxyl groups is 1. The maximum atomic E-state index is 13.7. The molecule has 12 nitrogen and oxygen atoms in total. The van der Waals surface area contributed by atoms with Gasteiger partial charge in [-0.2, -0.15) is 0 Å². The van der Waals surface area contributed by atoms with E-state index < -0.39 is 60.4 Å². The smallest absolute Gasteiger partial charge is 0.408 e. The first-order valence-electron chi connectivity index (χ1n) is 17.6. The number of aliphatic hydroxyl groups excluding tert-OH is 1. The Morgan fingerprint density at radius 3 is 2.00 bits per heavy atom. The molecule has 0 saturated carbocycles. The summed E-state index contributed by atoms with van der Waals surface area (Å²) in [4.78, 5) is 66.2. The topological polar surface area (TPSA) is 172 Å². The van der Waals surface area contributed by atoms with Crippen LogP contribution >= 0.6 is 0 Å². The summed E-state index contributed by atoms with van der Waals surface area (Å²) in [5.41, 5.74) is 2.10. The van der Waals surface area contributed by atoms with Gasteiger partial charge in [-0.3, -0.25) is 14.4 Å². The summed E-state index contributed by atoms with van der Waals surface area (Å²) < 4.78 is 10.7. The van der Waals surface area contributed by atoms with Gasteiger partial charge in [-0.05, 0) is 53.3 Å². The highest BCUT2D eigenvalue weighted by atomic mass is 16.6. The second kappa shape index (κ2) is 21.3. The van der Waals surface area contributed by atoms with E-state index in [2.05, 4.69) is 34.4 Å². The molecular formula is C42H46N4O8. The molecule has 0 fully saturated rings. The van der Waals surface area contributed by atoms with Gasteiger partial charge in [0.2, 0.25) is 11.8 Å². The molecule has 0 saturated heterocycles. The summed E-state index contributed by atoms with van der Waals surface area (Å²) in [5, 5.41) is 22.4. The fourth-order valence-electron chi connectivity index (χ4n) is 5.58. The third kappa shape index (κ3) is 13.1. The largest absolute Gasteiger partial charge is 0.461 e. The summed E-state index contributed by atoms with van der Waals surface area (Å²) in [6.07, 6.45) is 2.25. The molecule has 4 aromatic carbocycles. The first kappa shape index (κ1) is 40.5. The Labute approximate surface area is 314 Å². The Morgan fingerprint density at radius 1 is 0.685 bits per heavy atom. The zero-order valence-electron chi connectivity index (χ0n) is 29.9. The zero-order chi connectivity index (χ0) is 38.7. The molecule has 0 unspecified atom stereocenters. The molecule has 0 spiro atoms. The van der Waals surface area contributed by atoms with Crippen molar-refractivity contribution in [1.82, 2.24) is 16.0 Å². The van der Waals surface area contributed by atoms with E-state index in [1.165, 1.54) is 12.2 Å². The van der Waals surface area contributed by atoms with Crippen LogP contribution in [0, 0.1) is 5.92 Å². The lowest BCUT2D eigenvalue weighted by Gasteiger charge is -2.24. The lowest BCUT2D eigenvalue weighted by atomic mass is 9.98. The number of benzene rings is 4. The molecular weight excluding hydrogens is 688 g/mol. The molecule has 0 aliphatic carbocycles. The van der Waals surface area contributed by atoms with E-state index in [1.54, 1.807) is 36.4 Å². The van der Waals surface area contributed by atoms with Crippen molar-refractivity contribution in [3.63, 3.8) is 0 Å². The Morgan fingerprint density at radius 2 is 1.33 bits per heavy atom. The number of fused-ring (bicyclic) bond motifs is 1. The van der Waals surface area contributed by atoms with E-state index >= 15 is 0 Å². The monoisotopic (exact) mass is 734 g/mol. The molecule has 0 bridgehead atoms. The summed E-state index contributed by atoms with van der Waals surface area (Å²) in [5.74, 6) is -3.66. The van der Waals surface area contributed by atoms with E-state index in [4.69, 9.17) is 9.47 Å². The normalized spacial score (nSPS) is 12.9. The van der Waals surface area contributed by atoms with Gasteiger partial charge in [0, 0.05) is 12.1 Å². The van der Waals surface area contributed by atoms with Crippen LogP contribution in [0.1, 0.15) is 30.4 Å². The van der Waals surface area contributed by atoms with Gasteiger partial charge in [-0.25, -0.2) is 9.59 Å².